The van der Waals surface area contributed by atoms with Crippen molar-refractivity contribution in [1.29, 1.82) is 0 Å². The van der Waals surface area contributed by atoms with Crippen LogP contribution in [-0.4, -0.2) is 15.3 Å². The van der Waals surface area contributed by atoms with Crippen LogP contribution in [0.2, 0.25) is 17.6 Å². The van der Waals surface area contributed by atoms with E-state index in [0.717, 1.165) is 5.54 Å². The van der Waals surface area contributed by atoms with Crippen LogP contribution < -0.4 is 5.32 Å². The molecule has 1 aliphatic heterocycles. The van der Waals surface area contributed by atoms with Gasteiger partial charge in [0.2, 0.25) is 0 Å². The molecular weight excluding hydrogens is 270 g/mol. The average molecular weight is 294 g/mol. The smallest absolute Gasteiger partial charge is 0.0530 e. The van der Waals surface area contributed by atoms with Crippen LogP contribution in [0, 0.1) is 0 Å². The van der Waals surface area contributed by atoms with Gasteiger partial charge in [0.05, 0.1) is 8.80 Å². The van der Waals surface area contributed by atoms with E-state index in [1.807, 2.05) is 0 Å². The molecule has 21 heavy (non-hydrogen) atoms. The minimum atomic E-state index is -0.226. The molecule has 1 aliphatic rings. The summed E-state index contributed by atoms with van der Waals surface area (Å²) < 4.78 is 0. The van der Waals surface area contributed by atoms with E-state index in [1.54, 1.807) is 0 Å². The summed E-state index contributed by atoms with van der Waals surface area (Å²) >= 11 is 0. The standard InChI is InChI=1S/C19H24NSi/c1-3-21(4-2)16-13-18-17(15-9-6-5-7-10-15)11-8-12-19(18)20-14-16/h5-12,16,20H,3-4,13-14H2,1-2H3. The van der Waals surface area contributed by atoms with Gasteiger partial charge < -0.3 is 5.32 Å². The van der Waals surface area contributed by atoms with Crippen LogP contribution >= 0.6 is 0 Å². The molecule has 1 atom stereocenters. The van der Waals surface area contributed by atoms with Crippen molar-refractivity contribution in [3.8, 4) is 11.1 Å². The molecule has 1 nitrogen and oxygen atoms in total. The van der Waals surface area contributed by atoms with Gasteiger partial charge in [-0.3, -0.25) is 0 Å². The lowest BCUT2D eigenvalue weighted by atomic mass is 9.93. The molecule has 109 valence electrons. The van der Waals surface area contributed by atoms with Crippen molar-refractivity contribution < 1.29 is 0 Å². The Morgan fingerprint density at radius 3 is 2.48 bits per heavy atom. The molecular formula is C19H24NSi. The zero-order valence-electron chi connectivity index (χ0n) is 13.0. The van der Waals surface area contributed by atoms with Crippen molar-refractivity contribution in [2.75, 3.05) is 11.9 Å². The van der Waals surface area contributed by atoms with Crippen LogP contribution in [0.5, 0.6) is 0 Å². The fraction of sp³-hybridized carbons (Fsp3) is 0.368. The third kappa shape index (κ3) is 2.91. The van der Waals surface area contributed by atoms with Crippen LogP contribution in [-0.2, 0) is 6.42 Å². The van der Waals surface area contributed by atoms with Crippen molar-refractivity contribution in [2.45, 2.75) is 37.9 Å². The summed E-state index contributed by atoms with van der Waals surface area (Å²) in [6.45, 7) is 5.91. The number of hydrogen-bond acceptors (Lipinski definition) is 1. The molecule has 0 aliphatic carbocycles. The maximum absolute atomic E-state index is 3.70. The van der Waals surface area contributed by atoms with Gasteiger partial charge in [-0.2, -0.15) is 0 Å². The number of anilines is 1. The van der Waals surface area contributed by atoms with Gasteiger partial charge in [-0.1, -0.05) is 68.4 Å². The van der Waals surface area contributed by atoms with Crippen LogP contribution in [0.3, 0.4) is 0 Å². The zero-order valence-corrected chi connectivity index (χ0v) is 14.0. The highest BCUT2D eigenvalue weighted by atomic mass is 28.3. The Balaban J connectivity index is 1.96. The van der Waals surface area contributed by atoms with E-state index in [9.17, 15) is 0 Å². The number of hydrogen-bond donors (Lipinski definition) is 1. The van der Waals surface area contributed by atoms with E-state index in [2.05, 4.69) is 67.7 Å². The summed E-state index contributed by atoms with van der Waals surface area (Å²) in [5, 5.41) is 3.70. The second kappa shape index (κ2) is 6.48. The monoisotopic (exact) mass is 294 g/mol. The van der Waals surface area contributed by atoms with Gasteiger partial charge in [-0.15, -0.1) is 0 Å². The predicted octanol–water partition coefficient (Wildman–Crippen LogP) is 5.23. The fourth-order valence-electron chi connectivity index (χ4n) is 3.53. The summed E-state index contributed by atoms with van der Waals surface area (Å²) in [6.07, 6.45) is 1.25. The van der Waals surface area contributed by atoms with E-state index < -0.39 is 0 Å². The maximum Gasteiger partial charge on any atom is 0.0530 e. The summed E-state index contributed by atoms with van der Waals surface area (Å²) in [6, 6.07) is 20.3. The van der Waals surface area contributed by atoms with Crippen LogP contribution in [0.25, 0.3) is 11.1 Å². The quantitative estimate of drug-likeness (QED) is 0.762. The third-order valence-corrected chi connectivity index (χ3v) is 8.12. The fourth-order valence-corrected chi connectivity index (χ4v) is 6.07. The highest BCUT2D eigenvalue weighted by Crippen LogP contribution is 2.37. The zero-order chi connectivity index (χ0) is 14.7. The van der Waals surface area contributed by atoms with Crippen molar-refractivity contribution in [3.63, 3.8) is 0 Å². The van der Waals surface area contributed by atoms with Gasteiger partial charge in [0, 0.05) is 12.2 Å². The van der Waals surface area contributed by atoms with E-state index >= 15 is 0 Å². The molecule has 1 unspecified atom stereocenters. The summed E-state index contributed by atoms with van der Waals surface area (Å²) in [7, 11) is -0.226. The van der Waals surface area contributed by atoms with Gasteiger partial charge >= 0.3 is 0 Å². The average Bonchev–Trinajstić information content (AvgIpc) is 2.56. The first-order chi connectivity index (χ1) is 10.3. The maximum atomic E-state index is 3.70. The van der Waals surface area contributed by atoms with Crippen LogP contribution in [0.1, 0.15) is 19.4 Å². The van der Waals surface area contributed by atoms with Crippen LogP contribution in [0.4, 0.5) is 5.69 Å². The normalized spacial score (nSPS) is 17.4. The van der Waals surface area contributed by atoms with Gasteiger partial charge in [-0.25, -0.2) is 0 Å². The highest BCUT2D eigenvalue weighted by Gasteiger charge is 2.26. The molecule has 0 spiro atoms. The SMILES string of the molecule is CC[Si](CC)C1CNc2cccc(-c3ccccc3)c2C1. The Kier molecular flexibility index (Phi) is 4.44. The van der Waals surface area contributed by atoms with Crippen LogP contribution in [0.15, 0.2) is 48.5 Å². The third-order valence-electron chi connectivity index (χ3n) is 4.74. The summed E-state index contributed by atoms with van der Waals surface area (Å²) in [4.78, 5) is 0. The second-order valence-corrected chi connectivity index (χ2v) is 9.39. The first-order valence-corrected chi connectivity index (χ1v) is 10.1. The molecule has 0 amide bonds. The van der Waals surface area contributed by atoms with Gasteiger partial charge in [0.15, 0.2) is 0 Å². The molecule has 2 aromatic carbocycles. The molecule has 0 saturated carbocycles. The second-order valence-electron chi connectivity index (χ2n) is 5.85. The van der Waals surface area contributed by atoms with E-state index in [1.165, 1.54) is 47.4 Å². The lowest BCUT2D eigenvalue weighted by Crippen LogP contribution is -2.30. The minimum absolute atomic E-state index is 0.226. The summed E-state index contributed by atoms with van der Waals surface area (Å²) in [5.41, 5.74) is 6.50. The molecule has 3 rings (SSSR count). The first-order valence-electron chi connectivity index (χ1n) is 8.09. The molecule has 0 bridgehead atoms. The Bertz CT molecular complexity index is 590. The Labute approximate surface area is 130 Å². The van der Waals surface area contributed by atoms with Gasteiger partial charge in [0.25, 0.3) is 0 Å². The number of benzene rings is 2. The topological polar surface area (TPSA) is 12.0 Å². The molecule has 0 aromatic heterocycles. The number of nitrogens with one attached hydrogen (secondary N) is 1. The van der Waals surface area contributed by atoms with E-state index in [0.29, 0.717) is 0 Å². The summed E-state index contributed by atoms with van der Waals surface area (Å²) in [5.74, 6) is 0. The lowest BCUT2D eigenvalue weighted by Gasteiger charge is -2.32. The van der Waals surface area contributed by atoms with Crippen molar-refractivity contribution in [2.24, 2.45) is 0 Å². The molecule has 1 heterocycles. The van der Waals surface area contributed by atoms with E-state index in [4.69, 9.17) is 0 Å². The molecule has 0 saturated heterocycles. The molecule has 0 fully saturated rings. The first kappa shape index (κ1) is 14.4. The van der Waals surface area contributed by atoms with Gasteiger partial charge in [0.1, 0.15) is 0 Å². The number of fused-ring (bicyclic) bond motifs is 1. The molecule has 1 N–H and O–H groups in total. The molecule has 1 radical (unpaired) electrons. The highest BCUT2D eigenvalue weighted by molar-refractivity contribution is 6.60. The lowest BCUT2D eigenvalue weighted by molar-refractivity contribution is 0.797. The van der Waals surface area contributed by atoms with Crippen molar-refractivity contribution in [3.05, 3.63) is 54.1 Å². The molecule has 2 aromatic rings. The van der Waals surface area contributed by atoms with Gasteiger partial charge in [-0.05, 0) is 34.7 Å². The van der Waals surface area contributed by atoms with Crippen molar-refractivity contribution in [1.82, 2.24) is 0 Å². The Morgan fingerprint density at radius 1 is 1.00 bits per heavy atom. The molecule has 2 heteroatoms. The minimum Gasteiger partial charge on any atom is -0.385 e. The predicted molar refractivity (Wildman–Crippen MR) is 94.5 cm³/mol. The Morgan fingerprint density at radius 2 is 1.76 bits per heavy atom. The largest absolute Gasteiger partial charge is 0.385 e. The number of rotatable bonds is 4. The van der Waals surface area contributed by atoms with Crippen molar-refractivity contribution >= 4 is 14.5 Å². The van der Waals surface area contributed by atoms with E-state index in [-0.39, 0.29) is 8.80 Å². The Hall–Kier alpha value is -1.54.